The van der Waals surface area contributed by atoms with Crippen LogP contribution in [0.1, 0.15) is 17.5 Å². The van der Waals surface area contributed by atoms with Gasteiger partial charge < -0.3 is 14.5 Å². The highest BCUT2D eigenvalue weighted by Gasteiger charge is 2.21. The molecule has 5 nitrogen and oxygen atoms in total. The van der Waals surface area contributed by atoms with E-state index in [9.17, 15) is 4.39 Å². The zero-order valence-electron chi connectivity index (χ0n) is 14.0. The topological polar surface area (TPSA) is 60.0 Å². The Morgan fingerprint density at radius 3 is 2.62 bits per heavy atom. The Kier molecular flexibility index (Phi) is 4.23. The van der Waals surface area contributed by atoms with E-state index in [-0.39, 0.29) is 5.82 Å². The van der Waals surface area contributed by atoms with E-state index in [4.69, 9.17) is 9.47 Å². The Balaban J connectivity index is 1.77. The molecule has 4 aromatic rings. The minimum atomic E-state index is -0.499. The predicted molar refractivity (Wildman–Crippen MR) is 95.8 cm³/mol. The summed E-state index contributed by atoms with van der Waals surface area (Å²) in [6, 6.07) is 15.6. The Morgan fingerprint density at radius 1 is 1.04 bits per heavy atom. The van der Waals surface area contributed by atoms with Crippen molar-refractivity contribution in [2.24, 2.45) is 0 Å². The zero-order valence-corrected chi connectivity index (χ0v) is 14.0. The summed E-state index contributed by atoms with van der Waals surface area (Å²) in [5, 5.41) is 0. The van der Waals surface area contributed by atoms with E-state index in [0.717, 1.165) is 16.8 Å². The van der Waals surface area contributed by atoms with E-state index in [1.54, 1.807) is 31.6 Å². The van der Waals surface area contributed by atoms with Gasteiger partial charge in [-0.1, -0.05) is 12.1 Å². The molecular formula is C20H16FN3O2. The highest BCUT2D eigenvalue weighted by atomic mass is 19.1. The Bertz CT molecular complexity index is 1020. The van der Waals surface area contributed by atoms with Crippen LogP contribution in [0.3, 0.4) is 0 Å². The largest absolute Gasteiger partial charge is 0.497 e. The molecule has 2 aromatic carbocycles. The molecule has 0 saturated heterocycles. The van der Waals surface area contributed by atoms with Crippen LogP contribution in [0.5, 0.6) is 11.5 Å². The summed E-state index contributed by atoms with van der Waals surface area (Å²) in [5.74, 6) is 1.62. The molecule has 6 heteroatoms. The van der Waals surface area contributed by atoms with Gasteiger partial charge in [0.2, 0.25) is 0 Å². The molecule has 26 heavy (non-hydrogen) atoms. The van der Waals surface area contributed by atoms with Crippen molar-refractivity contribution in [3.05, 3.63) is 84.2 Å². The second-order valence-corrected chi connectivity index (χ2v) is 5.74. The SMILES string of the molecule is COc1ccc(C(Oc2cccnc2)c2nc3cc(F)ccc3[nH]2)cc1. The number of nitrogens with one attached hydrogen (secondary N) is 1. The van der Waals surface area contributed by atoms with Crippen LogP contribution in [0, 0.1) is 5.82 Å². The van der Waals surface area contributed by atoms with Crippen LogP contribution in [0.2, 0.25) is 0 Å². The van der Waals surface area contributed by atoms with Crippen LogP contribution < -0.4 is 9.47 Å². The quantitative estimate of drug-likeness (QED) is 0.584. The summed E-state index contributed by atoms with van der Waals surface area (Å²) < 4.78 is 24.8. The summed E-state index contributed by atoms with van der Waals surface area (Å²) in [6.45, 7) is 0. The van der Waals surface area contributed by atoms with Crippen LogP contribution in [-0.4, -0.2) is 22.1 Å². The summed E-state index contributed by atoms with van der Waals surface area (Å²) >= 11 is 0. The molecule has 1 unspecified atom stereocenters. The first kappa shape index (κ1) is 16.1. The maximum Gasteiger partial charge on any atom is 0.181 e. The molecule has 4 rings (SSSR count). The van der Waals surface area contributed by atoms with E-state index in [2.05, 4.69) is 15.0 Å². The van der Waals surface area contributed by atoms with Crippen molar-refractivity contribution in [3.8, 4) is 11.5 Å². The van der Waals surface area contributed by atoms with Gasteiger partial charge >= 0.3 is 0 Å². The lowest BCUT2D eigenvalue weighted by Crippen LogP contribution is -2.11. The molecule has 0 bridgehead atoms. The molecule has 130 valence electrons. The molecule has 0 fully saturated rings. The number of ether oxygens (including phenoxy) is 2. The van der Waals surface area contributed by atoms with E-state index < -0.39 is 6.10 Å². The van der Waals surface area contributed by atoms with Gasteiger partial charge in [0.1, 0.15) is 17.3 Å². The number of fused-ring (bicyclic) bond motifs is 1. The fourth-order valence-corrected chi connectivity index (χ4v) is 2.74. The predicted octanol–water partition coefficient (Wildman–Crippen LogP) is 4.27. The van der Waals surface area contributed by atoms with E-state index in [1.807, 2.05) is 30.3 Å². The number of hydrogen-bond acceptors (Lipinski definition) is 4. The number of aromatic nitrogens is 3. The number of hydrogen-bond donors (Lipinski definition) is 1. The van der Waals surface area contributed by atoms with Crippen LogP contribution >= 0.6 is 0 Å². The number of nitrogens with zero attached hydrogens (tertiary/aromatic N) is 2. The number of pyridine rings is 1. The van der Waals surface area contributed by atoms with Crippen molar-refractivity contribution in [1.29, 1.82) is 0 Å². The van der Waals surface area contributed by atoms with Crippen molar-refractivity contribution >= 4 is 11.0 Å². The number of methoxy groups -OCH3 is 1. The Hall–Kier alpha value is -3.41. The van der Waals surface area contributed by atoms with Gasteiger partial charge in [0.25, 0.3) is 0 Å². The first-order valence-corrected chi connectivity index (χ1v) is 8.09. The lowest BCUT2D eigenvalue weighted by atomic mass is 10.1. The molecule has 0 spiro atoms. The third kappa shape index (κ3) is 3.21. The molecule has 0 aliphatic carbocycles. The monoisotopic (exact) mass is 349 g/mol. The smallest absolute Gasteiger partial charge is 0.181 e. The molecule has 0 saturated carbocycles. The number of H-pyrrole nitrogens is 1. The molecule has 1 atom stereocenters. The van der Waals surface area contributed by atoms with Crippen LogP contribution in [0.4, 0.5) is 4.39 Å². The van der Waals surface area contributed by atoms with Gasteiger partial charge in [0.05, 0.1) is 24.3 Å². The third-order valence-corrected chi connectivity index (χ3v) is 4.02. The summed E-state index contributed by atoms with van der Waals surface area (Å²) in [6.07, 6.45) is 2.82. The second-order valence-electron chi connectivity index (χ2n) is 5.74. The van der Waals surface area contributed by atoms with E-state index in [1.165, 1.54) is 12.1 Å². The number of aromatic amines is 1. The lowest BCUT2D eigenvalue weighted by molar-refractivity contribution is 0.237. The van der Waals surface area contributed by atoms with Gasteiger partial charge in [-0.05, 0) is 36.4 Å². The fraction of sp³-hybridized carbons (Fsp3) is 0.100. The molecule has 0 aliphatic rings. The molecule has 1 N–H and O–H groups in total. The minimum absolute atomic E-state index is 0.329. The zero-order chi connectivity index (χ0) is 17.9. The first-order valence-electron chi connectivity index (χ1n) is 8.09. The van der Waals surface area contributed by atoms with Crippen molar-refractivity contribution in [3.63, 3.8) is 0 Å². The maximum absolute atomic E-state index is 13.5. The molecule has 0 aliphatic heterocycles. The van der Waals surface area contributed by atoms with Crippen LogP contribution in [-0.2, 0) is 0 Å². The Labute approximate surface area is 149 Å². The van der Waals surface area contributed by atoms with Gasteiger partial charge in [-0.25, -0.2) is 9.37 Å². The van der Waals surface area contributed by atoms with E-state index in [0.29, 0.717) is 17.1 Å². The first-order chi connectivity index (χ1) is 12.7. The number of rotatable bonds is 5. The van der Waals surface area contributed by atoms with Crippen LogP contribution in [0.25, 0.3) is 11.0 Å². The summed E-state index contributed by atoms with van der Waals surface area (Å²) in [5.41, 5.74) is 2.18. The standard InChI is InChI=1S/C20H16FN3O2/c1-25-15-7-4-13(5-8-15)19(26-16-3-2-10-22-12-16)20-23-17-9-6-14(21)11-18(17)24-20/h2-12,19H,1H3,(H,23,24). The maximum atomic E-state index is 13.5. The van der Waals surface area contributed by atoms with E-state index >= 15 is 0 Å². The van der Waals surface area contributed by atoms with Crippen molar-refractivity contribution < 1.29 is 13.9 Å². The average molecular weight is 349 g/mol. The molecule has 0 radical (unpaired) electrons. The van der Waals surface area contributed by atoms with Gasteiger partial charge in [-0.15, -0.1) is 0 Å². The molecule has 2 heterocycles. The van der Waals surface area contributed by atoms with Gasteiger partial charge in [0.15, 0.2) is 11.9 Å². The molecule has 0 amide bonds. The molecule has 2 aromatic heterocycles. The highest BCUT2D eigenvalue weighted by Crippen LogP contribution is 2.29. The van der Waals surface area contributed by atoms with Crippen molar-refractivity contribution in [1.82, 2.24) is 15.0 Å². The summed E-state index contributed by atoms with van der Waals surface area (Å²) in [7, 11) is 1.62. The number of halogens is 1. The summed E-state index contributed by atoms with van der Waals surface area (Å²) in [4.78, 5) is 11.8. The minimum Gasteiger partial charge on any atom is -0.497 e. The van der Waals surface area contributed by atoms with Gasteiger partial charge in [-0.3, -0.25) is 4.98 Å². The lowest BCUT2D eigenvalue weighted by Gasteiger charge is -2.17. The number of benzene rings is 2. The fourth-order valence-electron chi connectivity index (χ4n) is 2.74. The third-order valence-electron chi connectivity index (χ3n) is 4.02. The van der Waals surface area contributed by atoms with Crippen molar-refractivity contribution in [2.45, 2.75) is 6.10 Å². The van der Waals surface area contributed by atoms with Crippen LogP contribution in [0.15, 0.2) is 67.0 Å². The highest BCUT2D eigenvalue weighted by molar-refractivity contribution is 5.75. The normalized spacial score (nSPS) is 12.1. The Morgan fingerprint density at radius 2 is 1.88 bits per heavy atom. The van der Waals surface area contributed by atoms with Gasteiger partial charge in [0, 0.05) is 17.8 Å². The van der Waals surface area contributed by atoms with Gasteiger partial charge in [-0.2, -0.15) is 0 Å². The molecular weight excluding hydrogens is 333 g/mol. The number of imidazole rings is 1. The second kappa shape index (κ2) is 6.84. The average Bonchev–Trinajstić information content (AvgIpc) is 3.10. The van der Waals surface area contributed by atoms with Crippen molar-refractivity contribution in [2.75, 3.05) is 7.11 Å².